The van der Waals surface area contributed by atoms with Crippen LogP contribution in [0.3, 0.4) is 0 Å². The highest BCUT2D eigenvalue weighted by atomic mass is 32.2. The maximum absolute atomic E-state index is 3.71. The fourth-order valence-corrected chi connectivity index (χ4v) is 3.57. The van der Waals surface area contributed by atoms with Crippen LogP contribution in [-0.2, 0) is 0 Å². The van der Waals surface area contributed by atoms with Crippen LogP contribution in [0, 0.1) is 0 Å². The van der Waals surface area contributed by atoms with Gasteiger partial charge in [0, 0.05) is 11.8 Å². The number of hydrogen-bond acceptors (Lipinski definition) is 2. The lowest BCUT2D eigenvalue weighted by Gasteiger charge is -2.22. The lowest BCUT2D eigenvalue weighted by Crippen LogP contribution is -2.34. The average Bonchev–Trinajstić information content (AvgIpc) is 2.38. The molecule has 0 aliphatic carbocycles. The zero-order chi connectivity index (χ0) is 12.2. The second-order valence-electron chi connectivity index (χ2n) is 5.34. The molecule has 0 amide bonds. The van der Waals surface area contributed by atoms with Gasteiger partial charge in [0.25, 0.3) is 0 Å². The van der Waals surface area contributed by atoms with E-state index in [-0.39, 0.29) is 0 Å². The summed E-state index contributed by atoms with van der Waals surface area (Å²) in [5, 5.41) is 3.71. The molecule has 0 bridgehead atoms. The topological polar surface area (TPSA) is 12.0 Å². The van der Waals surface area contributed by atoms with Gasteiger partial charge in [0.2, 0.25) is 0 Å². The van der Waals surface area contributed by atoms with Crippen molar-refractivity contribution in [3.05, 3.63) is 0 Å². The molecule has 1 saturated heterocycles. The predicted molar refractivity (Wildman–Crippen MR) is 81.0 cm³/mol. The normalized spacial score (nSPS) is 20.6. The van der Waals surface area contributed by atoms with Crippen LogP contribution in [-0.4, -0.2) is 24.1 Å². The third kappa shape index (κ3) is 8.96. The maximum Gasteiger partial charge on any atom is 0.0158 e. The molecule has 1 nitrogen and oxygen atoms in total. The Morgan fingerprint density at radius 3 is 2.35 bits per heavy atom. The van der Waals surface area contributed by atoms with Crippen LogP contribution < -0.4 is 5.32 Å². The highest BCUT2D eigenvalue weighted by Crippen LogP contribution is 2.16. The van der Waals surface area contributed by atoms with Crippen molar-refractivity contribution in [2.75, 3.05) is 18.1 Å². The number of thioether (sulfide) groups is 1. The zero-order valence-electron chi connectivity index (χ0n) is 11.7. The molecule has 17 heavy (non-hydrogen) atoms. The molecule has 1 fully saturated rings. The van der Waals surface area contributed by atoms with Crippen molar-refractivity contribution in [1.82, 2.24) is 5.32 Å². The summed E-state index contributed by atoms with van der Waals surface area (Å²) in [6, 6.07) is 0.818. The molecule has 0 radical (unpaired) electrons. The van der Waals surface area contributed by atoms with E-state index in [9.17, 15) is 0 Å². The predicted octanol–water partition coefficient (Wildman–Crippen LogP) is 4.61. The van der Waals surface area contributed by atoms with E-state index in [4.69, 9.17) is 0 Å². The van der Waals surface area contributed by atoms with E-state index in [0.717, 1.165) is 6.04 Å². The molecular weight excluding hydrogens is 226 g/mol. The van der Waals surface area contributed by atoms with Crippen LogP contribution in [0.25, 0.3) is 0 Å². The van der Waals surface area contributed by atoms with Crippen molar-refractivity contribution in [2.45, 2.75) is 77.2 Å². The van der Waals surface area contributed by atoms with Gasteiger partial charge in [0.1, 0.15) is 0 Å². The van der Waals surface area contributed by atoms with E-state index < -0.39 is 0 Å². The van der Waals surface area contributed by atoms with Gasteiger partial charge in [-0.15, -0.1) is 0 Å². The summed E-state index contributed by atoms with van der Waals surface area (Å²) in [6.07, 6.45) is 14.3. The summed E-state index contributed by atoms with van der Waals surface area (Å²) < 4.78 is 0. The first-order chi connectivity index (χ1) is 8.43. The monoisotopic (exact) mass is 257 g/mol. The fraction of sp³-hybridized carbons (Fsp3) is 1.00. The highest BCUT2D eigenvalue weighted by molar-refractivity contribution is 7.99. The van der Waals surface area contributed by atoms with E-state index in [1.807, 2.05) is 0 Å². The SMILES string of the molecule is CCCCCCCCCCNC1CCCSC1. The van der Waals surface area contributed by atoms with Crippen LogP contribution in [0.5, 0.6) is 0 Å². The van der Waals surface area contributed by atoms with E-state index >= 15 is 0 Å². The molecule has 1 aliphatic heterocycles. The minimum Gasteiger partial charge on any atom is -0.313 e. The molecule has 1 rings (SSSR count). The number of hydrogen-bond donors (Lipinski definition) is 1. The first-order valence-electron chi connectivity index (χ1n) is 7.74. The van der Waals surface area contributed by atoms with Gasteiger partial charge in [-0.25, -0.2) is 0 Å². The number of unbranched alkanes of at least 4 members (excludes halogenated alkanes) is 7. The maximum atomic E-state index is 3.71. The van der Waals surface area contributed by atoms with E-state index in [1.54, 1.807) is 0 Å². The molecule has 1 unspecified atom stereocenters. The summed E-state index contributed by atoms with van der Waals surface area (Å²) >= 11 is 2.12. The lowest BCUT2D eigenvalue weighted by atomic mass is 10.1. The van der Waals surface area contributed by atoms with Gasteiger partial charge in [-0.05, 0) is 31.6 Å². The van der Waals surface area contributed by atoms with Gasteiger partial charge in [-0.2, -0.15) is 11.8 Å². The minimum absolute atomic E-state index is 0.818. The quantitative estimate of drug-likeness (QED) is 0.573. The highest BCUT2D eigenvalue weighted by Gasteiger charge is 2.11. The molecule has 2 heteroatoms. The second kappa shape index (κ2) is 11.4. The van der Waals surface area contributed by atoms with Gasteiger partial charge in [-0.3, -0.25) is 0 Å². The average molecular weight is 257 g/mol. The largest absolute Gasteiger partial charge is 0.313 e. The molecule has 0 spiro atoms. The third-order valence-corrected chi connectivity index (χ3v) is 4.84. The molecular formula is C15H31NS. The third-order valence-electron chi connectivity index (χ3n) is 3.62. The van der Waals surface area contributed by atoms with Crippen molar-refractivity contribution >= 4 is 11.8 Å². The Morgan fingerprint density at radius 1 is 1.00 bits per heavy atom. The first kappa shape index (κ1) is 15.4. The van der Waals surface area contributed by atoms with E-state index in [2.05, 4.69) is 24.0 Å². The molecule has 0 aromatic rings. The number of rotatable bonds is 10. The Labute approximate surface area is 113 Å². The first-order valence-corrected chi connectivity index (χ1v) is 8.90. The van der Waals surface area contributed by atoms with Gasteiger partial charge < -0.3 is 5.32 Å². The van der Waals surface area contributed by atoms with Gasteiger partial charge >= 0.3 is 0 Å². The molecule has 0 aromatic heterocycles. The van der Waals surface area contributed by atoms with E-state index in [0.29, 0.717) is 0 Å². The molecule has 0 aromatic carbocycles. The summed E-state index contributed by atoms with van der Waals surface area (Å²) in [7, 11) is 0. The van der Waals surface area contributed by atoms with Crippen molar-refractivity contribution in [3.8, 4) is 0 Å². The molecule has 0 saturated carbocycles. The number of nitrogens with one attached hydrogen (secondary N) is 1. The Morgan fingerprint density at radius 2 is 1.71 bits per heavy atom. The van der Waals surface area contributed by atoms with Crippen molar-refractivity contribution < 1.29 is 0 Å². The zero-order valence-corrected chi connectivity index (χ0v) is 12.5. The van der Waals surface area contributed by atoms with Crippen LogP contribution in [0.2, 0.25) is 0 Å². The summed E-state index contributed by atoms with van der Waals surface area (Å²) in [4.78, 5) is 0. The summed E-state index contributed by atoms with van der Waals surface area (Å²) in [6.45, 7) is 3.54. The molecule has 1 N–H and O–H groups in total. The minimum atomic E-state index is 0.818. The van der Waals surface area contributed by atoms with Crippen LogP contribution in [0.4, 0.5) is 0 Å². The Hall–Kier alpha value is 0.310. The standard InChI is InChI=1S/C15H31NS/c1-2-3-4-5-6-7-8-9-12-16-15-11-10-13-17-14-15/h15-16H,2-14H2,1H3. The van der Waals surface area contributed by atoms with Gasteiger partial charge in [0.15, 0.2) is 0 Å². The van der Waals surface area contributed by atoms with Crippen molar-refractivity contribution in [3.63, 3.8) is 0 Å². The second-order valence-corrected chi connectivity index (χ2v) is 6.49. The van der Waals surface area contributed by atoms with Crippen molar-refractivity contribution in [2.24, 2.45) is 0 Å². The summed E-state index contributed by atoms with van der Waals surface area (Å²) in [5.41, 5.74) is 0. The fourth-order valence-electron chi connectivity index (χ4n) is 2.47. The van der Waals surface area contributed by atoms with Crippen LogP contribution in [0.15, 0.2) is 0 Å². The summed E-state index contributed by atoms with van der Waals surface area (Å²) in [5.74, 6) is 2.73. The van der Waals surface area contributed by atoms with Crippen LogP contribution in [0.1, 0.15) is 71.1 Å². The van der Waals surface area contributed by atoms with Gasteiger partial charge in [0.05, 0.1) is 0 Å². The smallest absolute Gasteiger partial charge is 0.0158 e. The Balaban J connectivity index is 1.75. The van der Waals surface area contributed by atoms with Crippen LogP contribution >= 0.6 is 11.8 Å². The molecule has 1 heterocycles. The molecule has 102 valence electrons. The molecule has 1 aliphatic rings. The Bertz CT molecular complexity index is 155. The lowest BCUT2D eigenvalue weighted by molar-refractivity contribution is 0.485. The van der Waals surface area contributed by atoms with Crippen molar-refractivity contribution in [1.29, 1.82) is 0 Å². The Kier molecular flexibility index (Phi) is 10.3. The van der Waals surface area contributed by atoms with E-state index in [1.165, 1.54) is 82.3 Å². The molecule has 1 atom stereocenters. The van der Waals surface area contributed by atoms with Gasteiger partial charge in [-0.1, -0.05) is 51.9 Å².